The van der Waals surface area contributed by atoms with E-state index in [0.717, 1.165) is 0 Å². The molecule has 0 spiro atoms. The van der Waals surface area contributed by atoms with E-state index in [9.17, 15) is 4.79 Å². The Kier molecular flexibility index (Phi) is 5.26. The summed E-state index contributed by atoms with van der Waals surface area (Å²) >= 11 is 12.0. The summed E-state index contributed by atoms with van der Waals surface area (Å²) in [5.74, 6) is 0.0868. The molecule has 1 N–H and O–H groups in total. The van der Waals surface area contributed by atoms with E-state index in [1.54, 1.807) is 18.2 Å². The first-order valence-corrected chi connectivity index (χ1v) is 5.94. The molecular formula is C12H15Cl2NO. The first-order valence-electron chi connectivity index (χ1n) is 5.18. The van der Waals surface area contributed by atoms with Crippen LogP contribution in [0.15, 0.2) is 18.2 Å². The summed E-state index contributed by atoms with van der Waals surface area (Å²) in [6.07, 6.45) is 0.276. The Hall–Kier alpha value is -0.570. The van der Waals surface area contributed by atoms with E-state index in [2.05, 4.69) is 5.32 Å². The highest BCUT2D eigenvalue weighted by Crippen LogP contribution is 2.24. The number of hydrogen-bond acceptors (Lipinski definition) is 2. The van der Waals surface area contributed by atoms with Crippen LogP contribution in [-0.4, -0.2) is 18.4 Å². The number of hydrogen-bond donors (Lipinski definition) is 1. The maximum Gasteiger partial charge on any atom is 0.151 e. The van der Waals surface area contributed by atoms with E-state index in [1.165, 1.54) is 0 Å². The third kappa shape index (κ3) is 4.12. The van der Waals surface area contributed by atoms with Crippen molar-refractivity contribution in [2.75, 3.05) is 6.54 Å². The van der Waals surface area contributed by atoms with Gasteiger partial charge in [-0.3, -0.25) is 4.79 Å². The lowest BCUT2D eigenvalue weighted by molar-refractivity contribution is -0.117. The van der Waals surface area contributed by atoms with Crippen molar-refractivity contribution in [1.29, 1.82) is 0 Å². The largest absolute Gasteiger partial charge is 0.308 e. The Morgan fingerprint density at radius 2 is 1.88 bits per heavy atom. The van der Waals surface area contributed by atoms with Gasteiger partial charge in [0.25, 0.3) is 0 Å². The van der Waals surface area contributed by atoms with Crippen molar-refractivity contribution in [2.24, 2.45) is 0 Å². The molecule has 0 bridgehead atoms. The summed E-state index contributed by atoms with van der Waals surface area (Å²) in [7, 11) is 0. The maximum absolute atomic E-state index is 11.6. The third-order valence-electron chi connectivity index (χ3n) is 2.14. The third-order valence-corrected chi connectivity index (χ3v) is 2.85. The molecule has 0 aliphatic rings. The fraction of sp³-hybridized carbons (Fsp3) is 0.417. The van der Waals surface area contributed by atoms with E-state index in [4.69, 9.17) is 23.2 Å². The Balaban J connectivity index is 2.63. The molecule has 88 valence electrons. The number of carbonyl (C=O) groups is 1. The molecule has 4 heteroatoms. The molecule has 0 fully saturated rings. The number of rotatable bonds is 5. The van der Waals surface area contributed by atoms with Gasteiger partial charge in [-0.2, -0.15) is 0 Å². The van der Waals surface area contributed by atoms with Crippen molar-refractivity contribution in [3.8, 4) is 0 Å². The van der Waals surface area contributed by atoms with E-state index in [0.29, 0.717) is 28.2 Å². The highest BCUT2D eigenvalue weighted by molar-refractivity contribution is 6.36. The summed E-state index contributed by atoms with van der Waals surface area (Å²) in [4.78, 5) is 11.6. The summed E-state index contributed by atoms with van der Waals surface area (Å²) < 4.78 is 0. The molecular weight excluding hydrogens is 245 g/mol. The van der Waals surface area contributed by atoms with Crippen LogP contribution in [0.1, 0.15) is 19.4 Å². The Labute approximate surface area is 106 Å². The number of benzene rings is 1. The molecule has 0 aromatic heterocycles. The van der Waals surface area contributed by atoms with Gasteiger partial charge in [-0.1, -0.05) is 43.1 Å². The molecule has 0 radical (unpaired) electrons. The molecule has 0 amide bonds. The minimum atomic E-state index is 0.0868. The average Bonchev–Trinajstić information content (AvgIpc) is 2.21. The zero-order chi connectivity index (χ0) is 12.1. The van der Waals surface area contributed by atoms with E-state index >= 15 is 0 Å². The van der Waals surface area contributed by atoms with Gasteiger partial charge in [0, 0.05) is 22.5 Å². The maximum atomic E-state index is 11.6. The lowest BCUT2D eigenvalue weighted by Crippen LogP contribution is -2.30. The van der Waals surface area contributed by atoms with E-state index in [1.807, 2.05) is 13.8 Å². The molecule has 0 aliphatic heterocycles. The van der Waals surface area contributed by atoms with Crippen molar-refractivity contribution in [3.05, 3.63) is 33.8 Å². The predicted octanol–water partition coefficient (Wildman–Crippen LogP) is 3.10. The van der Waals surface area contributed by atoms with Gasteiger partial charge in [0.2, 0.25) is 0 Å². The molecule has 0 heterocycles. The summed E-state index contributed by atoms with van der Waals surface area (Å²) in [5, 5.41) is 4.16. The van der Waals surface area contributed by atoms with Gasteiger partial charge in [-0.05, 0) is 17.7 Å². The Morgan fingerprint density at radius 3 is 2.38 bits per heavy atom. The van der Waals surface area contributed by atoms with Crippen LogP contribution in [-0.2, 0) is 11.2 Å². The van der Waals surface area contributed by atoms with Crippen molar-refractivity contribution < 1.29 is 4.79 Å². The van der Waals surface area contributed by atoms with Crippen LogP contribution in [0.4, 0.5) is 0 Å². The quantitative estimate of drug-likeness (QED) is 0.881. The van der Waals surface area contributed by atoms with Gasteiger partial charge in [0.1, 0.15) is 0 Å². The number of nitrogens with one attached hydrogen (secondary N) is 1. The number of ketones is 1. The summed E-state index contributed by atoms with van der Waals surface area (Å²) in [5.41, 5.74) is 0.710. The zero-order valence-corrected chi connectivity index (χ0v) is 10.9. The highest BCUT2D eigenvalue weighted by Gasteiger charge is 2.10. The molecule has 1 aromatic rings. The second-order valence-electron chi connectivity index (χ2n) is 3.95. The Bertz CT molecular complexity index is 357. The molecule has 16 heavy (non-hydrogen) atoms. The second-order valence-corrected chi connectivity index (χ2v) is 4.77. The van der Waals surface area contributed by atoms with Crippen LogP contribution in [0.25, 0.3) is 0 Å². The van der Waals surface area contributed by atoms with Crippen LogP contribution in [0.2, 0.25) is 10.0 Å². The lowest BCUT2D eigenvalue weighted by Gasteiger charge is -2.09. The van der Waals surface area contributed by atoms with Gasteiger partial charge >= 0.3 is 0 Å². The van der Waals surface area contributed by atoms with E-state index < -0.39 is 0 Å². The zero-order valence-electron chi connectivity index (χ0n) is 9.39. The number of halogens is 2. The molecule has 2 nitrogen and oxygen atoms in total. The molecule has 0 saturated heterocycles. The fourth-order valence-electron chi connectivity index (χ4n) is 1.28. The van der Waals surface area contributed by atoms with Crippen LogP contribution in [0.5, 0.6) is 0 Å². The predicted molar refractivity (Wildman–Crippen MR) is 68.3 cm³/mol. The summed E-state index contributed by atoms with van der Waals surface area (Å²) in [6.45, 7) is 4.34. The number of Topliss-reactive ketones (excluding diaryl/α,β-unsaturated/α-hetero) is 1. The molecule has 0 atom stereocenters. The van der Waals surface area contributed by atoms with Crippen LogP contribution in [0.3, 0.4) is 0 Å². The van der Waals surface area contributed by atoms with Crippen molar-refractivity contribution >= 4 is 29.0 Å². The smallest absolute Gasteiger partial charge is 0.151 e. The topological polar surface area (TPSA) is 29.1 Å². The fourth-order valence-corrected chi connectivity index (χ4v) is 1.81. The standard InChI is InChI=1S/C12H15Cl2NO/c1-8(2)15-7-9(16)6-10-11(13)4-3-5-12(10)14/h3-5,8,15H,6-7H2,1-2H3. The first kappa shape index (κ1) is 13.5. The normalized spacial score (nSPS) is 10.8. The van der Waals surface area contributed by atoms with Crippen molar-refractivity contribution in [1.82, 2.24) is 5.32 Å². The number of carbonyl (C=O) groups excluding carboxylic acids is 1. The minimum Gasteiger partial charge on any atom is -0.308 e. The van der Waals surface area contributed by atoms with Crippen LogP contribution >= 0.6 is 23.2 Å². The minimum absolute atomic E-state index is 0.0868. The first-order chi connectivity index (χ1) is 7.50. The Morgan fingerprint density at radius 1 is 1.31 bits per heavy atom. The van der Waals surface area contributed by atoms with Crippen LogP contribution in [0, 0.1) is 0 Å². The highest BCUT2D eigenvalue weighted by atomic mass is 35.5. The van der Waals surface area contributed by atoms with Gasteiger partial charge in [0.15, 0.2) is 5.78 Å². The van der Waals surface area contributed by atoms with Gasteiger partial charge in [-0.15, -0.1) is 0 Å². The lowest BCUT2D eigenvalue weighted by atomic mass is 10.1. The molecule has 1 rings (SSSR count). The molecule has 0 unspecified atom stereocenters. The molecule has 0 saturated carbocycles. The molecule has 1 aromatic carbocycles. The van der Waals surface area contributed by atoms with E-state index in [-0.39, 0.29) is 12.2 Å². The van der Waals surface area contributed by atoms with Crippen molar-refractivity contribution in [2.45, 2.75) is 26.3 Å². The van der Waals surface area contributed by atoms with Crippen LogP contribution < -0.4 is 5.32 Å². The van der Waals surface area contributed by atoms with Gasteiger partial charge < -0.3 is 5.32 Å². The average molecular weight is 260 g/mol. The second kappa shape index (κ2) is 6.24. The van der Waals surface area contributed by atoms with Gasteiger partial charge in [-0.25, -0.2) is 0 Å². The van der Waals surface area contributed by atoms with Crippen molar-refractivity contribution in [3.63, 3.8) is 0 Å². The SMILES string of the molecule is CC(C)NCC(=O)Cc1c(Cl)cccc1Cl. The molecule has 0 aliphatic carbocycles. The summed E-state index contributed by atoms with van der Waals surface area (Å²) in [6, 6.07) is 5.55. The van der Waals surface area contributed by atoms with Gasteiger partial charge in [0.05, 0.1) is 6.54 Å². The monoisotopic (exact) mass is 259 g/mol.